The molecule has 0 aromatic carbocycles. The summed E-state index contributed by atoms with van der Waals surface area (Å²) in [6, 6.07) is 2.17. The first kappa shape index (κ1) is 12.9. The molecule has 0 radical (unpaired) electrons. The molecule has 1 N–H and O–H groups in total. The van der Waals surface area contributed by atoms with Gasteiger partial charge in [0.1, 0.15) is 0 Å². The largest absolute Gasteiger partial charge is 0.316 e. The van der Waals surface area contributed by atoms with Crippen molar-refractivity contribution in [1.82, 2.24) is 10.2 Å². The van der Waals surface area contributed by atoms with Gasteiger partial charge >= 0.3 is 0 Å². The highest BCUT2D eigenvalue weighted by Gasteiger charge is 2.03. The molecule has 15 heavy (non-hydrogen) atoms. The Morgan fingerprint density at radius 3 is 2.93 bits per heavy atom. The van der Waals surface area contributed by atoms with Crippen LogP contribution in [0.1, 0.15) is 5.56 Å². The van der Waals surface area contributed by atoms with Crippen LogP contribution in [0.5, 0.6) is 0 Å². The lowest BCUT2D eigenvalue weighted by Crippen LogP contribution is -2.24. The summed E-state index contributed by atoms with van der Waals surface area (Å²) in [6.45, 7) is 6.82. The molecule has 0 unspecified atom stereocenters. The van der Waals surface area contributed by atoms with E-state index in [0.717, 1.165) is 19.6 Å². The van der Waals surface area contributed by atoms with E-state index < -0.39 is 0 Å². The third-order valence-corrected chi connectivity index (χ3v) is 3.55. The summed E-state index contributed by atoms with van der Waals surface area (Å²) < 4.78 is 1.19. The third kappa shape index (κ3) is 4.93. The average Bonchev–Trinajstić information content (AvgIpc) is 2.51. The lowest BCUT2D eigenvalue weighted by atomic mass is 10.2. The summed E-state index contributed by atoms with van der Waals surface area (Å²) in [4.78, 5) is 2.27. The second-order valence-electron chi connectivity index (χ2n) is 3.71. The van der Waals surface area contributed by atoms with Crippen molar-refractivity contribution in [3.8, 4) is 0 Å². The van der Waals surface area contributed by atoms with Crippen LogP contribution in [-0.4, -0.2) is 32.1 Å². The van der Waals surface area contributed by atoms with Crippen LogP contribution >= 0.6 is 27.3 Å². The first-order valence-electron chi connectivity index (χ1n) is 4.84. The Hall–Kier alpha value is -0.160. The van der Waals surface area contributed by atoms with Gasteiger partial charge < -0.3 is 5.32 Å². The third-order valence-electron chi connectivity index (χ3n) is 1.99. The summed E-state index contributed by atoms with van der Waals surface area (Å²) in [5.41, 5.74) is 2.57. The zero-order valence-electron chi connectivity index (χ0n) is 9.22. The van der Waals surface area contributed by atoms with Gasteiger partial charge in [-0.3, -0.25) is 4.90 Å². The van der Waals surface area contributed by atoms with Crippen molar-refractivity contribution < 1.29 is 0 Å². The van der Waals surface area contributed by atoms with E-state index in [2.05, 4.69) is 51.2 Å². The van der Waals surface area contributed by atoms with Gasteiger partial charge in [-0.1, -0.05) is 6.58 Å². The van der Waals surface area contributed by atoms with Gasteiger partial charge in [-0.2, -0.15) is 0 Å². The monoisotopic (exact) mass is 288 g/mol. The molecule has 1 aromatic rings. The average molecular weight is 289 g/mol. The van der Waals surface area contributed by atoms with Gasteiger partial charge in [0.15, 0.2) is 0 Å². The molecule has 0 aliphatic carbocycles. The van der Waals surface area contributed by atoms with Crippen LogP contribution in [0.15, 0.2) is 27.4 Å². The SMILES string of the molecule is C=C(CNC)CN(C)Cc1csc(Br)c1. The van der Waals surface area contributed by atoms with E-state index >= 15 is 0 Å². The van der Waals surface area contributed by atoms with Crippen LogP contribution in [0.2, 0.25) is 0 Å². The van der Waals surface area contributed by atoms with Crippen molar-refractivity contribution in [2.45, 2.75) is 6.54 Å². The Kier molecular flexibility index (Phi) is 5.53. The predicted octanol–water partition coefficient (Wildman–Crippen LogP) is 2.72. The Morgan fingerprint density at radius 2 is 2.40 bits per heavy atom. The zero-order valence-corrected chi connectivity index (χ0v) is 11.6. The lowest BCUT2D eigenvalue weighted by Gasteiger charge is -2.17. The number of rotatable bonds is 6. The van der Waals surface area contributed by atoms with Crippen LogP contribution in [0.4, 0.5) is 0 Å². The summed E-state index contributed by atoms with van der Waals surface area (Å²) in [6.07, 6.45) is 0. The minimum atomic E-state index is 0.887. The van der Waals surface area contributed by atoms with Crippen LogP contribution in [0.25, 0.3) is 0 Å². The Bertz CT molecular complexity index is 322. The number of halogens is 1. The molecule has 0 saturated carbocycles. The molecule has 4 heteroatoms. The minimum Gasteiger partial charge on any atom is -0.316 e. The molecule has 0 spiro atoms. The van der Waals surface area contributed by atoms with Crippen molar-refractivity contribution in [1.29, 1.82) is 0 Å². The van der Waals surface area contributed by atoms with Gasteiger partial charge in [-0.05, 0) is 52.6 Å². The zero-order chi connectivity index (χ0) is 11.3. The quantitative estimate of drug-likeness (QED) is 0.810. The maximum absolute atomic E-state index is 4.02. The van der Waals surface area contributed by atoms with E-state index in [4.69, 9.17) is 0 Å². The molecule has 0 amide bonds. The predicted molar refractivity (Wildman–Crippen MR) is 71.4 cm³/mol. The van der Waals surface area contributed by atoms with Crippen molar-refractivity contribution in [2.24, 2.45) is 0 Å². The topological polar surface area (TPSA) is 15.3 Å². The van der Waals surface area contributed by atoms with E-state index in [1.807, 2.05) is 7.05 Å². The van der Waals surface area contributed by atoms with E-state index in [1.54, 1.807) is 11.3 Å². The molecule has 0 atom stereocenters. The van der Waals surface area contributed by atoms with Gasteiger partial charge in [-0.15, -0.1) is 11.3 Å². The molecule has 1 heterocycles. The van der Waals surface area contributed by atoms with Crippen LogP contribution in [-0.2, 0) is 6.54 Å². The van der Waals surface area contributed by atoms with E-state index in [0.29, 0.717) is 0 Å². The first-order valence-corrected chi connectivity index (χ1v) is 6.51. The normalized spacial score (nSPS) is 10.9. The van der Waals surface area contributed by atoms with Crippen molar-refractivity contribution in [3.05, 3.63) is 32.9 Å². The van der Waals surface area contributed by atoms with Gasteiger partial charge in [0, 0.05) is 19.6 Å². The highest BCUT2D eigenvalue weighted by atomic mass is 79.9. The number of hydrogen-bond acceptors (Lipinski definition) is 3. The van der Waals surface area contributed by atoms with Crippen molar-refractivity contribution in [3.63, 3.8) is 0 Å². The van der Waals surface area contributed by atoms with Gasteiger partial charge in [0.2, 0.25) is 0 Å². The van der Waals surface area contributed by atoms with Crippen molar-refractivity contribution >= 4 is 27.3 Å². The number of nitrogens with one attached hydrogen (secondary N) is 1. The Balaban J connectivity index is 2.35. The van der Waals surface area contributed by atoms with Crippen LogP contribution < -0.4 is 5.32 Å². The number of nitrogens with zero attached hydrogens (tertiary/aromatic N) is 1. The van der Waals surface area contributed by atoms with Crippen LogP contribution in [0.3, 0.4) is 0 Å². The highest BCUT2D eigenvalue weighted by Crippen LogP contribution is 2.21. The maximum atomic E-state index is 4.02. The number of likely N-dealkylation sites (N-methyl/N-ethyl adjacent to an activating group) is 2. The van der Waals surface area contributed by atoms with Crippen LogP contribution in [0, 0.1) is 0 Å². The summed E-state index contributed by atoms with van der Waals surface area (Å²) >= 11 is 5.20. The second kappa shape index (κ2) is 6.43. The lowest BCUT2D eigenvalue weighted by molar-refractivity contribution is 0.353. The molecule has 84 valence electrons. The summed E-state index contributed by atoms with van der Waals surface area (Å²) in [5.74, 6) is 0. The maximum Gasteiger partial charge on any atom is 0.0701 e. The van der Waals surface area contributed by atoms with Crippen molar-refractivity contribution in [2.75, 3.05) is 27.2 Å². The molecular weight excluding hydrogens is 272 g/mol. The molecule has 0 fully saturated rings. The molecule has 1 aromatic heterocycles. The molecule has 2 nitrogen and oxygen atoms in total. The molecule has 0 bridgehead atoms. The molecule has 0 saturated heterocycles. The number of hydrogen-bond donors (Lipinski definition) is 1. The van der Waals surface area contributed by atoms with E-state index in [-0.39, 0.29) is 0 Å². The first-order chi connectivity index (χ1) is 7.11. The molecule has 0 aliphatic heterocycles. The Morgan fingerprint density at radius 1 is 1.67 bits per heavy atom. The summed E-state index contributed by atoms with van der Waals surface area (Å²) in [5, 5.41) is 5.29. The summed E-state index contributed by atoms with van der Waals surface area (Å²) in [7, 11) is 4.06. The number of thiophene rings is 1. The second-order valence-corrected chi connectivity index (χ2v) is 6.00. The fourth-order valence-electron chi connectivity index (χ4n) is 1.48. The standard InChI is InChI=1S/C11H17BrN2S/c1-9(5-13-2)6-14(3)7-10-4-11(12)15-8-10/h4,8,13H,1,5-7H2,2-3H3. The van der Waals surface area contributed by atoms with Gasteiger partial charge in [0.25, 0.3) is 0 Å². The highest BCUT2D eigenvalue weighted by molar-refractivity contribution is 9.11. The molecular formula is C11H17BrN2S. The molecule has 0 aliphatic rings. The smallest absolute Gasteiger partial charge is 0.0701 e. The fraction of sp³-hybridized carbons (Fsp3) is 0.455. The minimum absolute atomic E-state index is 0.887. The fourth-order valence-corrected chi connectivity index (χ4v) is 2.68. The van der Waals surface area contributed by atoms with E-state index in [9.17, 15) is 0 Å². The van der Waals surface area contributed by atoms with Gasteiger partial charge in [0.05, 0.1) is 3.79 Å². The van der Waals surface area contributed by atoms with E-state index in [1.165, 1.54) is 14.9 Å². The molecule has 1 rings (SSSR count). The Labute approximate surface area is 104 Å². The van der Waals surface area contributed by atoms with Gasteiger partial charge in [-0.25, -0.2) is 0 Å².